The molecular formula is C15H23NO3S. The highest BCUT2D eigenvalue weighted by Gasteiger charge is 2.23. The fraction of sp³-hybridized carbons (Fsp3) is 0.600. The summed E-state index contributed by atoms with van der Waals surface area (Å²) >= 11 is 0. The molecule has 0 amide bonds. The Hall–Kier alpha value is -0.910. The lowest BCUT2D eigenvalue weighted by Gasteiger charge is -2.13. The van der Waals surface area contributed by atoms with E-state index in [1.165, 1.54) is 6.42 Å². The maximum atomic E-state index is 12.3. The Morgan fingerprint density at radius 2 is 2.10 bits per heavy atom. The Labute approximate surface area is 121 Å². The summed E-state index contributed by atoms with van der Waals surface area (Å²) in [6.07, 6.45) is 3.38. The number of hydrogen-bond donors (Lipinski definition) is 2. The van der Waals surface area contributed by atoms with Crippen LogP contribution in [-0.4, -0.2) is 20.1 Å². The second kappa shape index (κ2) is 6.24. The molecule has 1 fully saturated rings. The van der Waals surface area contributed by atoms with Crippen molar-refractivity contribution in [2.75, 3.05) is 6.54 Å². The van der Waals surface area contributed by atoms with Crippen molar-refractivity contribution < 1.29 is 13.5 Å². The van der Waals surface area contributed by atoms with Crippen LogP contribution in [0.3, 0.4) is 0 Å². The first kappa shape index (κ1) is 15.5. The Kier molecular flexibility index (Phi) is 4.83. The van der Waals surface area contributed by atoms with Crippen LogP contribution in [0.25, 0.3) is 0 Å². The van der Waals surface area contributed by atoms with Crippen LogP contribution in [-0.2, 0) is 16.6 Å². The number of hydrogen-bond acceptors (Lipinski definition) is 3. The number of aryl methyl sites for hydroxylation is 1. The van der Waals surface area contributed by atoms with Gasteiger partial charge in [-0.1, -0.05) is 19.4 Å². The van der Waals surface area contributed by atoms with E-state index in [1.54, 1.807) is 18.2 Å². The number of benzene rings is 1. The highest BCUT2D eigenvalue weighted by atomic mass is 32.2. The third-order valence-electron chi connectivity index (χ3n) is 4.17. The molecule has 2 rings (SSSR count). The third-order valence-corrected chi connectivity index (χ3v) is 5.59. The number of rotatable bonds is 5. The molecule has 1 aliphatic carbocycles. The second-order valence-corrected chi connectivity index (χ2v) is 7.65. The summed E-state index contributed by atoms with van der Waals surface area (Å²) in [5.74, 6) is 1.15. The van der Waals surface area contributed by atoms with Crippen molar-refractivity contribution in [1.82, 2.24) is 4.72 Å². The average molecular weight is 297 g/mol. The number of nitrogens with one attached hydrogen (secondary N) is 1. The summed E-state index contributed by atoms with van der Waals surface area (Å²) in [4.78, 5) is 0.234. The average Bonchev–Trinajstić information content (AvgIpc) is 2.83. The second-order valence-electron chi connectivity index (χ2n) is 5.88. The van der Waals surface area contributed by atoms with E-state index in [0.29, 0.717) is 23.9 Å². The molecule has 1 aromatic carbocycles. The van der Waals surface area contributed by atoms with E-state index >= 15 is 0 Å². The van der Waals surface area contributed by atoms with Crippen LogP contribution in [0.5, 0.6) is 0 Å². The molecule has 1 aliphatic rings. The largest absolute Gasteiger partial charge is 0.392 e. The molecule has 0 heterocycles. The highest BCUT2D eigenvalue weighted by Crippen LogP contribution is 2.30. The third kappa shape index (κ3) is 3.59. The zero-order valence-corrected chi connectivity index (χ0v) is 12.9. The molecule has 20 heavy (non-hydrogen) atoms. The first-order chi connectivity index (χ1) is 9.42. The van der Waals surface area contributed by atoms with Gasteiger partial charge < -0.3 is 5.11 Å². The maximum absolute atomic E-state index is 12.3. The first-order valence-corrected chi connectivity index (χ1v) is 8.60. The lowest BCUT2D eigenvalue weighted by Crippen LogP contribution is -2.28. The SMILES string of the molecule is Cc1ccc(S(=O)(=O)NCC2CCC(C)C2)cc1CO. The molecule has 2 atom stereocenters. The molecule has 112 valence electrons. The maximum Gasteiger partial charge on any atom is 0.240 e. The molecule has 0 bridgehead atoms. The van der Waals surface area contributed by atoms with Gasteiger partial charge in [-0.05, 0) is 54.9 Å². The molecule has 0 aromatic heterocycles. The van der Waals surface area contributed by atoms with Crippen molar-refractivity contribution in [2.24, 2.45) is 11.8 Å². The van der Waals surface area contributed by atoms with Crippen LogP contribution in [0.4, 0.5) is 0 Å². The Morgan fingerprint density at radius 3 is 2.70 bits per heavy atom. The van der Waals surface area contributed by atoms with Crippen molar-refractivity contribution in [2.45, 2.75) is 44.6 Å². The van der Waals surface area contributed by atoms with E-state index in [0.717, 1.165) is 18.4 Å². The monoisotopic (exact) mass is 297 g/mol. The van der Waals surface area contributed by atoms with Gasteiger partial charge in [0.05, 0.1) is 11.5 Å². The van der Waals surface area contributed by atoms with Crippen LogP contribution >= 0.6 is 0 Å². The highest BCUT2D eigenvalue weighted by molar-refractivity contribution is 7.89. The molecule has 1 aromatic rings. The summed E-state index contributed by atoms with van der Waals surface area (Å²) in [6.45, 7) is 4.43. The standard InChI is InChI=1S/C15H23NO3S/c1-11-3-5-13(7-11)9-16-20(18,19)15-6-4-12(2)14(8-15)10-17/h4,6,8,11,13,16-17H,3,5,7,9-10H2,1-2H3. The van der Waals surface area contributed by atoms with Gasteiger partial charge in [0.25, 0.3) is 0 Å². The van der Waals surface area contributed by atoms with Gasteiger partial charge in [0.15, 0.2) is 0 Å². The summed E-state index contributed by atoms with van der Waals surface area (Å²) in [5.41, 5.74) is 1.55. The lowest BCUT2D eigenvalue weighted by atomic mass is 10.1. The number of aliphatic hydroxyl groups excluding tert-OH is 1. The van der Waals surface area contributed by atoms with Crippen LogP contribution in [0.15, 0.2) is 23.1 Å². The lowest BCUT2D eigenvalue weighted by molar-refractivity contribution is 0.280. The normalized spacial score (nSPS) is 23.1. The molecule has 1 saturated carbocycles. The number of aliphatic hydroxyl groups is 1. The summed E-state index contributed by atoms with van der Waals surface area (Å²) in [6, 6.07) is 4.88. The molecule has 2 unspecified atom stereocenters. The van der Waals surface area contributed by atoms with Crippen molar-refractivity contribution in [3.63, 3.8) is 0 Å². The van der Waals surface area contributed by atoms with Crippen LogP contribution < -0.4 is 4.72 Å². The van der Waals surface area contributed by atoms with Gasteiger partial charge in [-0.15, -0.1) is 0 Å². The van der Waals surface area contributed by atoms with E-state index in [1.807, 2.05) is 6.92 Å². The Bertz CT molecular complexity index is 568. The molecule has 0 saturated heterocycles. The van der Waals surface area contributed by atoms with Crippen molar-refractivity contribution in [1.29, 1.82) is 0 Å². The van der Waals surface area contributed by atoms with Gasteiger partial charge in [0, 0.05) is 6.54 Å². The molecule has 5 heteroatoms. The van der Waals surface area contributed by atoms with Crippen molar-refractivity contribution in [3.8, 4) is 0 Å². The molecule has 2 N–H and O–H groups in total. The quantitative estimate of drug-likeness (QED) is 0.875. The van der Waals surface area contributed by atoms with Crippen LogP contribution in [0, 0.1) is 18.8 Å². The molecule has 0 aliphatic heterocycles. The minimum absolute atomic E-state index is 0.144. The van der Waals surface area contributed by atoms with Gasteiger partial charge in [-0.3, -0.25) is 0 Å². The summed E-state index contributed by atoms with van der Waals surface area (Å²) < 4.78 is 27.2. The van der Waals surface area contributed by atoms with E-state index < -0.39 is 10.0 Å². The predicted octanol–water partition coefficient (Wildman–Crippen LogP) is 2.20. The van der Waals surface area contributed by atoms with Gasteiger partial charge in [0.1, 0.15) is 0 Å². The first-order valence-electron chi connectivity index (χ1n) is 7.12. The van der Waals surface area contributed by atoms with Gasteiger partial charge in [0.2, 0.25) is 10.0 Å². The topological polar surface area (TPSA) is 66.4 Å². The fourth-order valence-electron chi connectivity index (χ4n) is 2.81. The van der Waals surface area contributed by atoms with Gasteiger partial charge >= 0.3 is 0 Å². The molecular weight excluding hydrogens is 274 g/mol. The molecule has 0 radical (unpaired) electrons. The predicted molar refractivity (Wildman–Crippen MR) is 78.8 cm³/mol. The minimum Gasteiger partial charge on any atom is -0.392 e. The smallest absolute Gasteiger partial charge is 0.240 e. The fourth-order valence-corrected chi connectivity index (χ4v) is 3.97. The number of sulfonamides is 1. The summed E-state index contributed by atoms with van der Waals surface area (Å²) in [7, 11) is -3.48. The van der Waals surface area contributed by atoms with E-state index in [-0.39, 0.29) is 11.5 Å². The zero-order valence-electron chi connectivity index (χ0n) is 12.1. The molecule has 0 spiro atoms. The minimum atomic E-state index is -3.48. The van der Waals surface area contributed by atoms with Gasteiger partial charge in [-0.2, -0.15) is 0 Å². The van der Waals surface area contributed by atoms with E-state index in [9.17, 15) is 13.5 Å². The van der Waals surface area contributed by atoms with E-state index in [4.69, 9.17) is 0 Å². The van der Waals surface area contributed by atoms with Crippen molar-refractivity contribution >= 4 is 10.0 Å². The van der Waals surface area contributed by atoms with Crippen LogP contribution in [0.1, 0.15) is 37.3 Å². The Morgan fingerprint density at radius 1 is 1.35 bits per heavy atom. The summed E-state index contributed by atoms with van der Waals surface area (Å²) in [5, 5.41) is 9.23. The molecule has 4 nitrogen and oxygen atoms in total. The zero-order chi connectivity index (χ0) is 14.8. The van der Waals surface area contributed by atoms with E-state index in [2.05, 4.69) is 11.6 Å². The Balaban J connectivity index is 2.06. The van der Waals surface area contributed by atoms with Gasteiger partial charge in [-0.25, -0.2) is 13.1 Å². The van der Waals surface area contributed by atoms with Crippen LogP contribution in [0.2, 0.25) is 0 Å². The van der Waals surface area contributed by atoms with Crippen molar-refractivity contribution in [3.05, 3.63) is 29.3 Å².